The Hall–Kier alpha value is -0.0500. The van der Waals surface area contributed by atoms with E-state index >= 15 is 0 Å². The van der Waals surface area contributed by atoms with Crippen molar-refractivity contribution in [1.82, 2.24) is 0 Å². The van der Waals surface area contributed by atoms with Crippen LogP contribution in [0.5, 0.6) is 0 Å². The lowest BCUT2D eigenvalue weighted by molar-refractivity contribution is -0.295. The molecule has 0 bridgehead atoms. The number of hydrogen-bond donors (Lipinski definition) is 5. The molecule has 0 saturated carbocycles. The van der Waals surface area contributed by atoms with Gasteiger partial charge in [0.15, 0.2) is 6.29 Å². The van der Waals surface area contributed by atoms with Crippen LogP contribution in [0, 0.1) is 0 Å². The number of ether oxygens (including phenoxy) is 2. The molecule has 18 heavy (non-hydrogen) atoms. The third-order valence-electron chi connectivity index (χ3n) is 2.70. The Kier molecular flexibility index (Phi) is 5.69. The van der Waals surface area contributed by atoms with Crippen LogP contribution in [0.15, 0.2) is 0 Å². The molecule has 9 heteroatoms. The van der Waals surface area contributed by atoms with Crippen LogP contribution in [0.3, 0.4) is 0 Å². The predicted octanol–water partition coefficient (Wildman–Crippen LogP) is -1.60. The predicted molar refractivity (Wildman–Crippen MR) is 59.8 cm³/mol. The van der Waals surface area contributed by atoms with Gasteiger partial charge in [-0.15, -0.1) is 0 Å². The Morgan fingerprint density at radius 3 is 2.28 bits per heavy atom. The Labute approximate surface area is 104 Å². The lowest BCUT2D eigenvalue weighted by Crippen LogP contribution is -2.58. The van der Waals surface area contributed by atoms with E-state index in [2.05, 4.69) is 0 Å². The molecule has 1 unspecified atom stereocenters. The van der Waals surface area contributed by atoms with E-state index in [0.29, 0.717) is 0 Å². The van der Waals surface area contributed by atoms with Gasteiger partial charge in [0.1, 0.15) is 18.3 Å². The molecular formula is C9H19O8P. The van der Waals surface area contributed by atoms with Gasteiger partial charge in [-0.05, 0) is 13.3 Å². The van der Waals surface area contributed by atoms with Crippen LogP contribution >= 0.6 is 7.60 Å². The molecule has 0 aromatic rings. The van der Waals surface area contributed by atoms with Gasteiger partial charge in [-0.1, -0.05) is 0 Å². The van der Waals surface area contributed by atoms with Crippen LogP contribution in [0.2, 0.25) is 0 Å². The Bertz CT molecular complexity index is 305. The summed E-state index contributed by atoms with van der Waals surface area (Å²) in [6, 6.07) is 0. The Morgan fingerprint density at radius 2 is 1.78 bits per heavy atom. The van der Waals surface area contributed by atoms with Crippen LogP contribution < -0.4 is 0 Å². The highest BCUT2D eigenvalue weighted by Gasteiger charge is 2.44. The van der Waals surface area contributed by atoms with E-state index in [1.54, 1.807) is 6.92 Å². The summed E-state index contributed by atoms with van der Waals surface area (Å²) < 4.78 is 21.0. The molecule has 5 atom stereocenters. The zero-order valence-corrected chi connectivity index (χ0v) is 10.8. The summed E-state index contributed by atoms with van der Waals surface area (Å²) >= 11 is 0. The monoisotopic (exact) mass is 286 g/mol. The highest BCUT2D eigenvalue weighted by Crippen LogP contribution is 2.37. The second-order valence-electron chi connectivity index (χ2n) is 4.15. The summed E-state index contributed by atoms with van der Waals surface area (Å²) in [6.07, 6.45) is -7.01. The van der Waals surface area contributed by atoms with E-state index in [9.17, 15) is 19.9 Å². The Morgan fingerprint density at radius 1 is 1.17 bits per heavy atom. The van der Waals surface area contributed by atoms with Crippen molar-refractivity contribution in [2.24, 2.45) is 0 Å². The van der Waals surface area contributed by atoms with Crippen LogP contribution in [-0.2, 0) is 14.0 Å². The first kappa shape index (κ1) is 16.0. The molecule has 1 aliphatic heterocycles. The van der Waals surface area contributed by atoms with Crippen molar-refractivity contribution in [2.45, 2.75) is 44.1 Å². The molecule has 0 aromatic heterocycles. The van der Waals surface area contributed by atoms with Crippen molar-refractivity contribution in [3.05, 3.63) is 0 Å². The second-order valence-corrected chi connectivity index (χ2v) is 5.92. The van der Waals surface area contributed by atoms with Crippen molar-refractivity contribution < 1.29 is 39.1 Å². The maximum absolute atomic E-state index is 10.7. The summed E-state index contributed by atoms with van der Waals surface area (Å²) in [4.78, 5) is 17.5. The average Bonchev–Trinajstić information content (AvgIpc) is 2.27. The zero-order chi connectivity index (χ0) is 13.9. The maximum atomic E-state index is 10.7. The lowest BCUT2D eigenvalue weighted by atomic mass is 9.97. The third-order valence-corrected chi connectivity index (χ3v) is 3.55. The topological polar surface area (TPSA) is 137 Å². The minimum Gasteiger partial charge on any atom is -0.388 e. The summed E-state index contributed by atoms with van der Waals surface area (Å²) in [7, 11) is -4.21. The minimum atomic E-state index is -4.21. The third kappa shape index (κ3) is 4.25. The molecule has 1 rings (SSSR count). The highest BCUT2D eigenvalue weighted by atomic mass is 31.2. The van der Waals surface area contributed by atoms with Gasteiger partial charge in [0.2, 0.25) is 0 Å². The van der Waals surface area contributed by atoms with E-state index < -0.39 is 44.5 Å². The first-order chi connectivity index (χ1) is 8.26. The fourth-order valence-electron chi connectivity index (χ4n) is 1.75. The number of aliphatic hydroxyl groups is 3. The Balaban J connectivity index is 2.64. The minimum absolute atomic E-state index is 0.140. The molecule has 0 radical (unpaired) electrons. The fourth-order valence-corrected chi connectivity index (χ4v) is 2.34. The average molecular weight is 286 g/mol. The first-order valence-electron chi connectivity index (χ1n) is 5.62. The maximum Gasteiger partial charge on any atom is 0.325 e. The molecule has 1 fully saturated rings. The summed E-state index contributed by atoms with van der Waals surface area (Å²) in [5.74, 6) is 0. The van der Waals surface area contributed by atoms with Crippen molar-refractivity contribution in [3.8, 4) is 0 Å². The van der Waals surface area contributed by atoms with Gasteiger partial charge < -0.3 is 34.6 Å². The summed E-state index contributed by atoms with van der Waals surface area (Å²) in [5, 5.41) is 28.8. The largest absolute Gasteiger partial charge is 0.388 e. The number of hydrogen-bond acceptors (Lipinski definition) is 6. The van der Waals surface area contributed by atoms with E-state index in [0.717, 1.165) is 0 Å². The van der Waals surface area contributed by atoms with Crippen molar-refractivity contribution in [2.75, 3.05) is 12.8 Å². The molecule has 1 aliphatic rings. The standard InChI is InChI=1S/C9H19O8P/c1-2-16-9-8(12)7(11)6(10)5(17-9)3-4-18(13,14)15/h5-12H,2-4H2,1H3,(H2,13,14,15)/t5-,6-,7+,8+,9?/m1/s1. The number of aliphatic hydroxyl groups excluding tert-OH is 3. The van der Waals surface area contributed by atoms with Crippen molar-refractivity contribution in [3.63, 3.8) is 0 Å². The molecule has 0 amide bonds. The molecule has 8 nitrogen and oxygen atoms in total. The van der Waals surface area contributed by atoms with Gasteiger partial charge in [0.25, 0.3) is 0 Å². The van der Waals surface area contributed by atoms with Gasteiger partial charge >= 0.3 is 7.60 Å². The van der Waals surface area contributed by atoms with Gasteiger partial charge in [0, 0.05) is 6.61 Å². The normalized spacial score (nSPS) is 37.8. The molecule has 0 spiro atoms. The number of rotatable bonds is 5. The fraction of sp³-hybridized carbons (Fsp3) is 1.00. The first-order valence-corrected chi connectivity index (χ1v) is 7.42. The van der Waals surface area contributed by atoms with Crippen molar-refractivity contribution in [1.29, 1.82) is 0 Å². The van der Waals surface area contributed by atoms with Crippen LogP contribution in [-0.4, -0.2) is 68.6 Å². The van der Waals surface area contributed by atoms with Gasteiger partial charge in [-0.25, -0.2) is 0 Å². The lowest BCUT2D eigenvalue weighted by Gasteiger charge is -2.40. The van der Waals surface area contributed by atoms with Gasteiger partial charge in [-0.3, -0.25) is 4.57 Å². The molecule has 1 saturated heterocycles. The molecular weight excluding hydrogens is 267 g/mol. The zero-order valence-electron chi connectivity index (χ0n) is 9.92. The highest BCUT2D eigenvalue weighted by molar-refractivity contribution is 7.51. The van der Waals surface area contributed by atoms with Crippen molar-refractivity contribution >= 4 is 7.60 Å². The van der Waals surface area contributed by atoms with E-state index in [4.69, 9.17) is 19.3 Å². The molecule has 0 aromatic carbocycles. The van der Waals surface area contributed by atoms with Gasteiger partial charge in [0.05, 0.1) is 12.3 Å². The second kappa shape index (κ2) is 6.40. The van der Waals surface area contributed by atoms with E-state index in [1.165, 1.54) is 0 Å². The van der Waals surface area contributed by atoms with Gasteiger partial charge in [-0.2, -0.15) is 0 Å². The van der Waals surface area contributed by atoms with Crippen LogP contribution in [0.1, 0.15) is 13.3 Å². The van der Waals surface area contributed by atoms with Crippen LogP contribution in [0.25, 0.3) is 0 Å². The van der Waals surface area contributed by atoms with E-state index in [-0.39, 0.29) is 13.0 Å². The molecule has 108 valence electrons. The smallest absolute Gasteiger partial charge is 0.325 e. The van der Waals surface area contributed by atoms with Crippen LogP contribution in [0.4, 0.5) is 0 Å². The molecule has 1 heterocycles. The summed E-state index contributed by atoms with van der Waals surface area (Å²) in [5.41, 5.74) is 0. The molecule has 0 aliphatic carbocycles. The molecule has 5 N–H and O–H groups in total. The van der Waals surface area contributed by atoms with E-state index in [1.807, 2.05) is 0 Å². The SMILES string of the molecule is CCOC1O[C@H](CCP(=O)(O)O)[C@@H](O)[C@H](O)[C@@H]1O. The summed E-state index contributed by atoms with van der Waals surface area (Å²) in [6.45, 7) is 1.90. The quantitative estimate of drug-likeness (QED) is 0.381.